The molecule has 0 amide bonds. The highest BCUT2D eigenvalue weighted by Gasteiger charge is 2.31. The molecule has 1 aliphatic rings. The highest BCUT2D eigenvalue weighted by Crippen LogP contribution is 2.32. The lowest BCUT2D eigenvalue weighted by Crippen LogP contribution is -2.15. The summed E-state index contributed by atoms with van der Waals surface area (Å²) in [5.74, 6) is -1.41. The van der Waals surface area contributed by atoms with E-state index in [-0.39, 0.29) is 17.7 Å². The average molecular weight is 260 g/mol. The fraction of sp³-hybridized carbons (Fsp3) is 0.273. The maximum Gasteiger partial charge on any atom is 0.163 e. The van der Waals surface area contributed by atoms with Gasteiger partial charge in [0.05, 0.1) is 11.3 Å². The molecule has 0 aromatic heterocycles. The van der Waals surface area contributed by atoms with Crippen LogP contribution in [-0.2, 0) is 9.63 Å². The molecule has 2 atom stereocenters. The molecule has 2 rings (SSSR count). The van der Waals surface area contributed by atoms with Crippen LogP contribution in [0.2, 0.25) is 0 Å². The molecule has 0 N–H and O–H groups in total. The zero-order valence-electron chi connectivity index (χ0n) is 8.57. The van der Waals surface area contributed by atoms with Crippen molar-refractivity contribution in [2.45, 2.75) is 17.9 Å². The van der Waals surface area contributed by atoms with Crippen molar-refractivity contribution in [3.63, 3.8) is 0 Å². The minimum Gasteiger partial charge on any atom is -0.387 e. The van der Waals surface area contributed by atoms with Gasteiger partial charge < -0.3 is 9.63 Å². The number of rotatable bonds is 3. The van der Waals surface area contributed by atoms with Gasteiger partial charge in [-0.05, 0) is 12.1 Å². The molecule has 2 unspecified atom stereocenters. The van der Waals surface area contributed by atoms with Crippen molar-refractivity contribution >= 4 is 23.6 Å². The summed E-state index contributed by atoms with van der Waals surface area (Å²) in [6, 6.07) is 3.54. The van der Waals surface area contributed by atoms with E-state index in [4.69, 9.17) is 16.4 Å². The first kappa shape index (κ1) is 12.0. The first-order valence-corrected chi connectivity index (χ1v) is 5.33. The molecule has 0 bridgehead atoms. The predicted octanol–water partition coefficient (Wildman–Crippen LogP) is 2.59. The molecule has 1 heterocycles. The quantitative estimate of drug-likeness (QED) is 0.618. The number of halogens is 3. The van der Waals surface area contributed by atoms with Crippen molar-refractivity contribution in [1.82, 2.24) is 0 Å². The van der Waals surface area contributed by atoms with Crippen LogP contribution in [0.4, 0.5) is 8.78 Å². The van der Waals surface area contributed by atoms with Gasteiger partial charge in [0.25, 0.3) is 0 Å². The number of alkyl halides is 1. The molecule has 0 saturated carbocycles. The molecular formula is C11H8ClF2NO2. The Balaban J connectivity index is 2.20. The minimum absolute atomic E-state index is 0.102. The number of aldehydes is 1. The molecular weight excluding hydrogens is 252 g/mol. The number of nitrogens with zero attached hydrogens (tertiary/aromatic N) is 1. The Hall–Kier alpha value is -1.49. The fourth-order valence-electron chi connectivity index (χ4n) is 1.61. The highest BCUT2D eigenvalue weighted by atomic mass is 35.5. The molecule has 3 nitrogen and oxygen atoms in total. The van der Waals surface area contributed by atoms with Gasteiger partial charge in [-0.15, -0.1) is 11.6 Å². The van der Waals surface area contributed by atoms with Gasteiger partial charge in [-0.2, -0.15) is 0 Å². The Morgan fingerprint density at radius 2 is 2.12 bits per heavy atom. The molecule has 1 aromatic rings. The summed E-state index contributed by atoms with van der Waals surface area (Å²) < 4.78 is 26.9. The number of carbonyl (C=O) groups is 1. The monoisotopic (exact) mass is 259 g/mol. The van der Waals surface area contributed by atoms with E-state index in [1.807, 2.05) is 0 Å². The summed E-state index contributed by atoms with van der Waals surface area (Å²) in [6.45, 7) is 0. The Morgan fingerprint density at radius 1 is 1.47 bits per heavy atom. The van der Waals surface area contributed by atoms with E-state index in [1.54, 1.807) is 0 Å². The smallest absolute Gasteiger partial charge is 0.163 e. The van der Waals surface area contributed by atoms with E-state index in [1.165, 1.54) is 6.07 Å². The van der Waals surface area contributed by atoms with Crippen molar-refractivity contribution in [3.8, 4) is 0 Å². The average Bonchev–Trinajstić information content (AvgIpc) is 2.77. The summed E-state index contributed by atoms with van der Waals surface area (Å²) in [4.78, 5) is 15.4. The zero-order valence-corrected chi connectivity index (χ0v) is 9.32. The van der Waals surface area contributed by atoms with Crippen LogP contribution in [0.3, 0.4) is 0 Å². The molecule has 0 aliphatic carbocycles. The van der Waals surface area contributed by atoms with Gasteiger partial charge in [0.15, 0.2) is 6.10 Å². The summed E-state index contributed by atoms with van der Waals surface area (Å²) in [7, 11) is 0. The van der Waals surface area contributed by atoms with Crippen molar-refractivity contribution in [3.05, 3.63) is 35.4 Å². The van der Waals surface area contributed by atoms with Gasteiger partial charge in [0.1, 0.15) is 23.3 Å². The Bertz CT molecular complexity index is 458. The number of carbonyl (C=O) groups excluding carboxylic acids is 1. The van der Waals surface area contributed by atoms with Crippen molar-refractivity contribution in [2.24, 2.45) is 5.16 Å². The maximum absolute atomic E-state index is 13.4. The lowest BCUT2D eigenvalue weighted by Gasteiger charge is -2.10. The number of hydrogen-bond donors (Lipinski definition) is 0. The van der Waals surface area contributed by atoms with Crippen LogP contribution in [0.1, 0.15) is 18.1 Å². The van der Waals surface area contributed by atoms with E-state index in [9.17, 15) is 13.6 Å². The highest BCUT2D eigenvalue weighted by molar-refractivity contribution is 6.39. The Morgan fingerprint density at radius 3 is 2.71 bits per heavy atom. The summed E-state index contributed by atoms with van der Waals surface area (Å²) in [5.41, 5.74) is 0.0790. The van der Waals surface area contributed by atoms with Gasteiger partial charge in [0.2, 0.25) is 0 Å². The Kier molecular flexibility index (Phi) is 3.38. The second-order valence-electron chi connectivity index (χ2n) is 3.55. The largest absolute Gasteiger partial charge is 0.387 e. The van der Waals surface area contributed by atoms with Gasteiger partial charge in [-0.25, -0.2) is 8.78 Å². The maximum atomic E-state index is 13.4. The lowest BCUT2D eigenvalue weighted by atomic mass is 10.0. The first-order chi connectivity index (χ1) is 8.13. The second-order valence-corrected chi connectivity index (χ2v) is 4.02. The van der Waals surface area contributed by atoms with Crippen LogP contribution in [0.15, 0.2) is 23.4 Å². The van der Waals surface area contributed by atoms with Crippen LogP contribution in [0, 0.1) is 11.6 Å². The first-order valence-electron chi connectivity index (χ1n) is 4.89. The molecule has 1 aromatic carbocycles. The van der Waals surface area contributed by atoms with Crippen LogP contribution in [0.25, 0.3) is 0 Å². The van der Waals surface area contributed by atoms with E-state index in [2.05, 4.69) is 5.16 Å². The SMILES string of the molecule is O=CC(Cl)C1=NOC(c2c(F)cccc2F)C1. The number of benzene rings is 1. The van der Waals surface area contributed by atoms with Crippen LogP contribution < -0.4 is 0 Å². The normalized spacial score (nSPS) is 20.6. The third-order valence-electron chi connectivity index (χ3n) is 2.45. The molecule has 17 heavy (non-hydrogen) atoms. The third kappa shape index (κ3) is 2.29. The van der Waals surface area contributed by atoms with E-state index in [0.717, 1.165) is 12.1 Å². The summed E-state index contributed by atoms with van der Waals surface area (Å²) in [5, 5.41) is 2.65. The van der Waals surface area contributed by atoms with Gasteiger partial charge in [-0.3, -0.25) is 0 Å². The predicted molar refractivity (Wildman–Crippen MR) is 57.9 cm³/mol. The molecule has 0 radical (unpaired) electrons. The molecule has 90 valence electrons. The lowest BCUT2D eigenvalue weighted by molar-refractivity contribution is -0.106. The fourth-order valence-corrected chi connectivity index (χ4v) is 1.74. The number of hydrogen-bond acceptors (Lipinski definition) is 3. The molecule has 0 saturated heterocycles. The van der Waals surface area contributed by atoms with E-state index >= 15 is 0 Å². The molecule has 6 heteroatoms. The minimum atomic E-state index is -0.921. The van der Waals surface area contributed by atoms with Crippen molar-refractivity contribution in [1.29, 1.82) is 0 Å². The third-order valence-corrected chi connectivity index (χ3v) is 2.81. The number of oxime groups is 1. The van der Waals surface area contributed by atoms with Crippen molar-refractivity contribution in [2.75, 3.05) is 0 Å². The molecule has 0 fully saturated rings. The van der Waals surface area contributed by atoms with Crippen LogP contribution in [-0.4, -0.2) is 17.4 Å². The van der Waals surface area contributed by atoms with Crippen LogP contribution in [0.5, 0.6) is 0 Å². The summed E-state index contributed by atoms with van der Waals surface area (Å²) in [6.07, 6.45) is -0.276. The van der Waals surface area contributed by atoms with Crippen LogP contribution >= 0.6 is 11.6 Å². The van der Waals surface area contributed by atoms with Crippen molar-refractivity contribution < 1.29 is 18.4 Å². The molecule has 0 spiro atoms. The van der Waals surface area contributed by atoms with Gasteiger partial charge >= 0.3 is 0 Å². The summed E-state index contributed by atoms with van der Waals surface area (Å²) >= 11 is 5.64. The standard InChI is InChI=1S/C11H8ClF2NO2/c12-6(5-16)9-4-10(17-15-9)11-7(13)2-1-3-8(11)14/h1-3,5-6,10H,4H2. The second kappa shape index (κ2) is 4.79. The van der Waals surface area contributed by atoms with E-state index < -0.39 is 23.1 Å². The molecule has 1 aliphatic heterocycles. The van der Waals surface area contributed by atoms with Gasteiger partial charge in [-0.1, -0.05) is 11.2 Å². The topological polar surface area (TPSA) is 38.7 Å². The van der Waals surface area contributed by atoms with Gasteiger partial charge in [0, 0.05) is 6.42 Å². The van der Waals surface area contributed by atoms with E-state index in [0.29, 0.717) is 6.29 Å². The Labute approximate surface area is 101 Å². The zero-order chi connectivity index (χ0) is 12.4.